The van der Waals surface area contributed by atoms with Crippen LogP contribution >= 0.6 is 0 Å². The van der Waals surface area contributed by atoms with Crippen molar-refractivity contribution in [2.24, 2.45) is 0 Å². The average molecular weight is 197 g/mol. The Hall–Kier alpha value is -1.53. The zero-order valence-corrected chi connectivity index (χ0v) is 6.47. The van der Waals surface area contributed by atoms with Crippen LogP contribution < -0.4 is 5.32 Å². The molecule has 0 aliphatic heterocycles. The van der Waals surface area contributed by atoms with Gasteiger partial charge in [0.25, 0.3) is 0 Å². The maximum absolute atomic E-state index is 11.6. The van der Waals surface area contributed by atoms with Crippen LogP contribution in [-0.2, 0) is 9.59 Å². The van der Waals surface area contributed by atoms with Crippen LogP contribution in [0.1, 0.15) is 6.92 Å². The lowest BCUT2D eigenvalue weighted by molar-refractivity contribution is -0.173. The number of aliphatic carboxylic acids is 1. The van der Waals surface area contributed by atoms with E-state index in [1.807, 2.05) is 0 Å². The van der Waals surface area contributed by atoms with E-state index in [1.165, 1.54) is 12.2 Å². The molecule has 0 atom stereocenters. The highest BCUT2D eigenvalue weighted by molar-refractivity contribution is 5.94. The maximum Gasteiger partial charge on any atom is 0.471 e. The van der Waals surface area contributed by atoms with Gasteiger partial charge in [-0.2, -0.15) is 13.2 Å². The number of hydrogen-bond donors (Lipinski definition) is 2. The third kappa shape index (κ3) is 3.59. The molecule has 1 amide bonds. The van der Waals surface area contributed by atoms with E-state index in [2.05, 4.69) is 0 Å². The van der Waals surface area contributed by atoms with Crippen molar-refractivity contribution in [1.29, 1.82) is 0 Å². The predicted molar refractivity (Wildman–Crippen MR) is 35.6 cm³/mol. The fraction of sp³-hybridized carbons (Fsp3) is 0.333. The lowest BCUT2D eigenvalue weighted by Crippen LogP contribution is -2.38. The first-order chi connectivity index (χ1) is 5.79. The summed E-state index contributed by atoms with van der Waals surface area (Å²) in [4.78, 5) is 20.3. The van der Waals surface area contributed by atoms with E-state index in [9.17, 15) is 22.8 Å². The number of allylic oxidation sites excluding steroid dienone is 1. The van der Waals surface area contributed by atoms with Crippen molar-refractivity contribution >= 4 is 11.9 Å². The van der Waals surface area contributed by atoms with E-state index in [0.717, 1.165) is 6.08 Å². The minimum atomic E-state index is -5.08. The molecule has 0 saturated heterocycles. The van der Waals surface area contributed by atoms with E-state index in [1.54, 1.807) is 0 Å². The number of carboxylic acid groups (broad SMARTS) is 1. The molecular formula is C6H6F3NO3. The summed E-state index contributed by atoms with van der Waals surface area (Å²) in [5.41, 5.74) is -0.803. The minimum absolute atomic E-state index is 0.803. The monoisotopic (exact) mass is 197 g/mol. The predicted octanol–water partition coefficient (Wildman–Crippen LogP) is 0.653. The Morgan fingerprint density at radius 2 is 1.85 bits per heavy atom. The molecule has 0 fully saturated rings. The van der Waals surface area contributed by atoms with E-state index in [0.29, 0.717) is 0 Å². The van der Waals surface area contributed by atoms with Crippen LogP contribution in [0.15, 0.2) is 11.8 Å². The van der Waals surface area contributed by atoms with Crippen molar-refractivity contribution in [2.45, 2.75) is 13.1 Å². The summed E-state index contributed by atoms with van der Waals surface area (Å²) in [6.45, 7) is 1.19. The van der Waals surface area contributed by atoms with Crippen molar-refractivity contribution in [3.63, 3.8) is 0 Å². The van der Waals surface area contributed by atoms with Crippen molar-refractivity contribution in [3.8, 4) is 0 Å². The number of nitrogens with one attached hydrogen (secondary N) is 1. The molecule has 0 aromatic carbocycles. The molecule has 13 heavy (non-hydrogen) atoms. The van der Waals surface area contributed by atoms with E-state index < -0.39 is 23.7 Å². The van der Waals surface area contributed by atoms with Gasteiger partial charge in [-0.15, -0.1) is 0 Å². The van der Waals surface area contributed by atoms with Crippen molar-refractivity contribution in [3.05, 3.63) is 11.8 Å². The normalized spacial score (nSPS) is 12.5. The zero-order valence-electron chi connectivity index (χ0n) is 6.47. The maximum atomic E-state index is 11.6. The Kier molecular flexibility index (Phi) is 3.46. The molecule has 0 aromatic heterocycles. The molecule has 2 N–H and O–H groups in total. The summed E-state index contributed by atoms with van der Waals surface area (Å²) < 4.78 is 34.7. The summed E-state index contributed by atoms with van der Waals surface area (Å²) in [5, 5.41) is 9.44. The first-order valence-electron chi connectivity index (χ1n) is 3.06. The standard InChI is InChI=1S/C6H6F3NO3/c1-2-3(4(11)12)10-5(13)6(7,8)9/h2H,1H3,(H,10,13)(H,11,12)/b3-2-. The van der Waals surface area contributed by atoms with Gasteiger partial charge in [-0.1, -0.05) is 6.08 Å². The summed E-state index contributed by atoms with van der Waals surface area (Å²) in [5.74, 6) is -3.93. The van der Waals surface area contributed by atoms with Gasteiger partial charge in [-0.05, 0) is 6.92 Å². The smallest absolute Gasteiger partial charge is 0.471 e. The Balaban J connectivity index is 4.46. The first kappa shape index (κ1) is 11.5. The van der Waals surface area contributed by atoms with Gasteiger partial charge in [0.05, 0.1) is 0 Å². The number of alkyl halides is 3. The van der Waals surface area contributed by atoms with Gasteiger partial charge >= 0.3 is 18.1 Å². The highest BCUT2D eigenvalue weighted by Gasteiger charge is 2.39. The van der Waals surface area contributed by atoms with E-state index in [4.69, 9.17) is 5.11 Å². The number of carbonyl (C=O) groups excluding carboxylic acids is 1. The molecule has 0 aliphatic rings. The molecule has 0 aromatic rings. The lowest BCUT2D eigenvalue weighted by Gasteiger charge is -2.07. The molecule has 7 heteroatoms. The van der Waals surface area contributed by atoms with Gasteiger partial charge in [0.1, 0.15) is 5.70 Å². The second-order valence-electron chi connectivity index (χ2n) is 1.96. The number of hydrogen-bond acceptors (Lipinski definition) is 2. The van der Waals surface area contributed by atoms with Crippen LogP contribution in [0.4, 0.5) is 13.2 Å². The van der Waals surface area contributed by atoms with Gasteiger partial charge in [0.2, 0.25) is 0 Å². The second-order valence-corrected chi connectivity index (χ2v) is 1.96. The molecule has 0 radical (unpaired) electrons. The number of rotatable bonds is 2. The third-order valence-electron chi connectivity index (χ3n) is 1.02. The molecule has 0 rings (SSSR count). The summed E-state index contributed by atoms with van der Waals surface area (Å²) in [6, 6.07) is 0. The van der Waals surface area contributed by atoms with Crippen LogP contribution in [0.25, 0.3) is 0 Å². The summed E-state index contributed by atoms with van der Waals surface area (Å²) >= 11 is 0. The topological polar surface area (TPSA) is 66.4 Å². The van der Waals surface area contributed by atoms with Crippen LogP contribution in [0.5, 0.6) is 0 Å². The molecule has 0 saturated carbocycles. The molecule has 0 unspecified atom stereocenters. The van der Waals surface area contributed by atoms with Crippen molar-refractivity contribution in [2.75, 3.05) is 0 Å². The number of halogens is 3. The van der Waals surface area contributed by atoms with Crippen LogP contribution in [-0.4, -0.2) is 23.2 Å². The highest BCUT2D eigenvalue weighted by atomic mass is 19.4. The zero-order chi connectivity index (χ0) is 10.6. The fourth-order valence-electron chi connectivity index (χ4n) is 0.442. The van der Waals surface area contributed by atoms with Gasteiger partial charge in [0, 0.05) is 0 Å². The minimum Gasteiger partial charge on any atom is -0.477 e. The molecule has 0 heterocycles. The quantitative estimate of drug-likeness (QED) is 0.639. The second kappa shape index (κ2) is 3.92. The Morgan fingerprint density at radius 1 is 1.38 bits per heavy atom. The number of amides is 1. The van der Waals surface area contributed by atoms with Gasteiger partial charge in [-0.25, -0.2) is 4.79 Å². The summed E-state index contributed by atoms with van der Waals surface area (Å²) in [6.07, 6.45) is -4.23. The Morgan fingerprint density at radius 3 is 2.08 bits per heavy atom. The van der Waals surface area contributed by atoms with Crippen molar-refractivity contribution < 1.29 is 27.9 Å². The molecule has 0 bridgehead atoms. The van der Waals surface area contributed by atoms with Gasteiger partial charge in [0.15, 0.2) is 0 Å². The molecule has 0 spiro atoms. The third-order valence-corrected chi connectivity index (χ3v) is 1.02. The average Bonchev–Trinajstić information content (AvgIpc) is 1.96. The number of carboxylic acids is 1. The molecule has 0 aliphatic carbocycles. The van der Waals surface area contributed by atoms with Crippen LogP contribution in [0, 0.1) is 0 Å². The SMILES string of the molecule is C/C=C(\NC(=O)C(F)(F)F)C(=O)O. The molecule has 74 valence electrons. The van der Waals surface area contributed by atoms with E-state index >= 15 is 0 Å². The van der Waals surface area contributed by atoms with Gasteiger partial charge in [-0.3, -0.25) is 4.79 Å². The Labute approximate surface area is 71.0 Å². The first-order valence-corrected chi connectivity index (χ1v) is 3.06. The van der Waals surface area contributed by atoms with Crippen LogP contribution in [0.3, 0.4) is 0 Å². The molecular weight excluding hydrogens is 191 g/mol. The number of carbonyl (C=O) groups is 2. The van der Waals surface area contributed by atoms with E-state index in [-0.39, 0.29) is 0 Å². The Bertz CT molecular complexity index is 256. The highest BCUT2D eigenvalue weighted by Crippen LogP contribution is 2.14. The van der Waals surface area contributed by atoms with Crippen molar-refractivity contribution in [1.82, 2.24) is 5.32 Å². The largest absolute Gasteiger partial charge is 0.477 e. The lowest BCUT2D eigenvalue weighted by atomic mass is 10.4. The molecule has 4 nitrogen and oxygen atoms in total. The fourth-order valence-corrected chi connectivity index (χ4v) is 0.442. The van der Waals surface area contributed by atoms with Crippen LogP contribution in [0.2, 0.25) is 0 Å². The summed E-state index contributed by atoms with van der Waals surface area (Å²) in [7, 11) is 0. The van der Waals surface area contributed by atoms with Gasteiger partial charge < -0.3 is 10.4 Å².